The second kappa shape index (κ2) is 7.84. The molecule has 0 N–H and O–H groups in total. The molecule has 1 atom stereocenters. The van der Waals surface area contributed by atoms with Crippen LogP contribution in [-0.4, -0.2) is 37.3 Å². The second-order valence-corrected chi connectivity index (χ2v) is 9.93. The van der Waals surface area contributed by atoms with Crippen molar-refractivity contribution in [1.82, 2.24) is 9.29 Å². The Bertz CT molecular complexity index is 935. The number of pyridine rings is 1. The second-order valence-electron chi connectivity index (χ2n) is 8.04. The summed E-state index contributed by atoms with van der Waals surface area (Å²) in [7, 11) is -3.50. The van der Waals surface area contributed by atoms with Gasteiger partial charge in [-0.1, -0.05) is 17.7 Å². The Morgan fingerprint density at radius 3 is 2.36 bits per heavy atom. The van der Waals surface area contributed by atoms with E-state index in [4.69, 9.17) is 4.98 Å². The van der Waals surface area contributed by atoms with Crippen molar-refractivity contribution in [2.75, 3.05) is 24.5 Å². The maximum atomic E-state index is 13.2. The first-order valence-electron chi connectivity index (χ1n) is 10.3. The lowest BCUT2D eigenvalue weighted by molar-refractivity contribution is 0.396. The molecule has 0 radical (unpaired) electrons. The Balaban J connectivity index is 1.61. The van der Waals surface area contributed by atoms with E-state index < -0.39 is 10.0 Å². The van der Waals surface area contributed by atoms with Crippen molar-refractivity contribution < 1.29 is 8.42 Å². The van der Waals surface area contributed by atoms with Gasteiger partial charge in [0.1, 0.15) is 5.82 Å². The summed E-state index contributed by atoms with van der Waals surface area (Å²) < 4.78 is 28.1. The van der Waals surface area contributed by atoms with E-state index in [1.807, 2.05) is 25.3 Å². The number of hydrogen-bond acceptors (Lipinski definition) is 4. The molecule has 0 amide bonds. The summed E-state index contributed by atoms with van der Waals surface area (Å²) in [6, 6.07) is 9.15. The van der Waals surface area contributed by atoms with Gasteiger partial charge in [-0.3, -0.25) is 0 Å². The summed E-state index contributed by atoms with van der Waals surface area (Å²) in [5.41, 5.74) is 3.20. The van der Waals surface area contributed by atoms with Crippen molar-refractivity contribution in [3.63, 3.8) is 0 Å². The molecule has 2 aliphatic heterocycles. The van der Waals surface area contributed by atoms with E-state index in [1.165, 1.54) is 19.3 Å². The minimum atomic E-state index is -3.50. The van der Waals surface area contributed by atoms with Gasteiger partial charge in [-0.25, -0.2) is 13.4 Å². The molecule has 2 aliphatic rings. The summed E-state index contributed by atoms with van der Waals surface area (Å²) in [6.07, 6.45) is 7.34. The molecule has 2 saturated heterocycles. The lowest BCUT2D eigenvalue weighted by atomic mass is 10.0. The molecule has 1 aromatic carbocycles. The first-order chi connectivity index (χ1) is 13.5. The van der Waals surface area contributed by atoms with Gasteiger partial charge in [-0.2, -0.15) is 4.31 Å². The quantitative estimate of drug-likeness (QED) is 0.773. The summed E-state index contributed by atoms with van der Waals surface area (Å²) in [5, 5.41) is 0. The summed E-state index contributed by atoms with van der Waals surface area (Å²) in [5.74, 6) is 1.05. The van der Waals surface area contributed by atoms with Gasteiger partial charge in [-0.15, -0.1) is 0 Å². The zero-order valence-corrected chi connectivity index (χ0v) is 17.6. The highest BCUT2D eigenvalue weighted by atomic mass is 32.2. The van der Waals surface area contributed by atoms with E-state index in [2.05, 4.69) is 17.9 Å². The average molecular weight is 400 g/mol. The van der Waals surface area contributed by atoms with E-state index in [9.17, 15) is 8.42 Å². The molecule has 3 heterocycles. The Kier molecular flexibility index (Phi) is 5.43. The van der Waals surface area contributed by atoms with Crippen LogP contribution >= 0.6 is 0 Å². The topological polar surface area (TPSA) is 53.5 Å². The van der Waals surface area contributed by atoms with Crippen molar-refractivity contribution in [3.8, 4) is 0 Å². The number of rotatable bonds is 4. The number of nitrogens with zero attached hydrogens (tertiary/aromatic N) is 3. The van der Waals surface area contributed by atoms with E-state index >= 15 is 0 Å². The number of aryl methyl sites for hydroxylation is 2. The van der Waals surface area contributed by atoms with Gasteiger partial charge < -0.3 is 4.90 Å². The minimum Gasteiger partial charge on any atom is -0.356 e. The Labute approximate surface area is 168 Å². The molecule has 0 aliphatic carbocycles. The molecule has 0 spiro atoms. The SMILES string of the molecule is Cc1ccc(S(=O)(=O)N2CCC[C@H]2c2cnc(N3CCCCC3)c(C)c2)cc1. The highest BCUT2D eigenvalue weighted by molar-refractivity contribution is 7.89. The molecule has 150 valence electrons. The predicted molar refractivity (Wildman–Crippen MR) is 112 cm³/mol. The normalized spacial score (nSPS) is 21.2. The van der Waals surface area contributed by atoms with E-state index in [-0.39, 0.29) is 6.04 Å². The van der Waals surface area contributed by atoms with Crippen molar-refractivity contribution >= 4 is 15.8 Å². The van der Waals surface area contributed by atoms with Gasteiger partial charge in [0.25, 0.3) is 0 Å². The molecule has 0 unspecified atom stereocenters. The van der Waals surface area contributed by atoms with Crippen LogP contribution in [0, 0.1) is 13.8 Å². The maximum absolute atomic E-state index is 13.2. The van der Waals surface area contributed by atoms with Gasteiger partial charge >= 0.3 is 0 Å². The molecule has 1 aromatic heterocycles. The molecule has 2 fully saturated rings. The van der Waals surface area contributed by atoms with Gasteiger partial charge in [0, 0.05) is 25.8 Å². The Hall–Kier alpha value is -1.92. The lowest BCUT2D eigenvalue weighted by Crippen LogP contribution is -2.32. The molecule has 4 rings (SSSR count). The van der Waals surface area contributed by atoms with Crippen LogP contribution in [0.15, 0.2) is 41.4 Å². The molecule has 28 heavy (non-hydrogen) atoms. The Morgan fingerprint density at radius 2 is 1.68 bits per heavy atom. The third-order valence-corrected chi connectivity index (χ3v) is 7.87. The van der Waals surface area contributed by atoms with Gasteiger partial charge in [0.2, 0.25) is 10.0 Å². The molecule has 0 saturated carbocycles. The van der Waals surface area contributed by atoms with E-state index in [0.717, 1.165) is 48.4 Å². The van der Waals surface area contributed by atoms with Gasteiger partial charge in [-0.05, 0) is 75.3 Å². The fraction of sp³-hybridized carbons (Fsp3) is 0.500. The van der Waals surface area contributed by atoms with Crippen molar-refractivity contribution in [1.29, 1.82) is 0 Å². The number of anilines is 1. The zero-order chi connectivity index (χ0) is 19.7. The van der Waals surface area contributed by atoms with Crippen LogP contribution in [-0.2, 0) is 10.0 Å². The first-order valence-corrected chi connectivity index (χ1v) is 11.7. The summed E-state index contributed by atoms with van der Waals surface area (Å²) in [6.45, 7) is 6.74. The third-order valence-electron chi connectivity index (χ3n) is 5.94. The number of aromatic nitrogens is 1. The van der Waals surface area contributed by atoms with Crippen LogP contribution in [0.4, 0.5) is 5.82 Å². The van der Waals surface area contributed by atoms with Crippen LogP contribution in [0.2, 0.25) is 0 Å². The molecular formula is C22H29N3O2S. The van der Waals surface area contributed by atoms with Crippen molar-refractivity contribution in [2.24, 2.45) is 0 Å². The Morgan fingerprint density at radius 1 is 0.964 bits per heavy atom. The predicted octanol–water partition coefficient (Wildman–Crippen LogP) is 4.21. The fourth-order valence-corrected chi connectivity index (χ4v) is 6.10. The average Bonchev–Trinajstić information content (AvgIpc) is 3.20. The third kappa shape index (κ3) is 3.67. The molecule has 6 heteroatoms. The van der Waals surface area contributed by atoms with Crippen LogP contribution < -0.4 is 4.90 Å². The fourth-order valence-electron chi connectivity index (χ4n) is 4.41. The molecule has 0 bridgehead atoms. The largest absolute Gasteiger partial charge is 0.356 e. The smallest absolute Gasteiger partial charge is 0.243 e. The highest BCUT2D eigenvalue weighted by Gasteiger charge is 2.36. The van der Waals surface area contributed by atoms with Crippen LogP contribution in [0.5, 0.6) is 0 Å². The number of sulfonamides is 1. The van der Waals surface area contributed by atoms with Gasteiger partial charge in [0.05, 0.1) is 10.9 Å². The molecule has 5 nitrogen and oxygen atoms in total. The van der Waals surface area contributed by atoms with Gasteiger partial charge in [0.15, 0.2) is 0 Å². The maximum Gasteiger partial charge on any atom is 0.243 e. The van der Waals surface area contributed by atoms with Crippen molar-refractivity contribution in [2.45, 2.75) is 56.9 Å². The summed E-state index contributed by atoms with van der Waals surface area (Å²) >= 11 is 0. The molecular weight excluding hydrogens is 370 g/mol. The molecule has 2 aromatic rings. The van der Waals surface area contributed by atoms with Crippen LogP contribution in [0.3, 0.4) is 0 Å². The van der Waals surface area contributed by atoms with E-state index in [0.29, 0.717) is 11.4 Å². The number of piperidine rings is 1. The monoisotopic (exact) mass is 399 g/mol. The standard InChI is InChI=1S/C22H29N3O2S/c1-17-8-10-20(11-9-17)28(26,27)25-14-6-7-21(25)19-15-18(2)22(23-16-19)24-12-4-3-5-13-24/h8-11,15-16,21H,3-7,12-14H2,1-2H3/t21-/m0/s1. The summed E-state index contributed by atoms with van der Waals surface area (Å²) in [4.78, 5) is 7.49. The van der Waals surface area contributed by atoms with Crippen LogP contribution in [0.25, 0.3) is 0 Å². The highest BCUT2D eigenvalue weighted by Crippen LogP contribution is 2.37. The zero-order valence-electron chi connectivity index (χ0n) is 16.8. The lowest BCUT2D eigenvalue weighted by Gasteiger charge is -2.30. The number of benzene rings is 1. The number of hydrogen-bond donors (Lipinski definition) is 0. The van der Waals surface area contributed by atoms with Crippen molar-refractivity contribution in [3.05, 3.63) is 53.2 Å². The van der Waals surface area contributed by atoms with Crippen LogP contribution in [0.1, 0.15) is 54.8 Å². The first kappa shape index (κ1) is 19.4. The minimum absolute atomic E-state index is 0.132. The van der Waals surface area contributed by atoms with E-state index in [1.54, 1.807) is 16.4 Å².